The molecule has 1 aliphatic heterocycles. The summed E-state index contributed by atoms with van der Waals surface area (Å²) in [5, 5.41) is 0. The van der Waals surface area contributed by atoms with Crippen LogP contribution >= 0.6 is 0 Å². The van der Waals surface area contributed by atoms with Gasteiger partial charge in [0.15, 0.2) is 0 Å². The van der Waals surface area contributed by atoms with E-state index in [2.05, 4.69) is 5.43 Å². The van der Waals surface area contributed by atoms with Gasteiger partial charge in [-0.1, -0.05) is 18.2 Å². The van der Waals surface area contributed by atoms with Crippen LogP contribution in [0.3, 0.4) is 0 Å². The summed E-state index contributed by atoms with van der Waals surface area (Å²) in [5.74, 6) is -0.671. The molecule has 9 nitrogen and oxygen atoms in total. The molecule has 0 atom stereocenters. The first-order chi connectivity index (χ1) is 13.8. The predicted octanol–water partition coefficient (Wildman–Crippen LogP) is 1.10. The van der Waals surface area contributed by atoms with Crippen molar-refractivity contribution in [1.29, 1.82) is 0 Å². The van der Waals surface area contributed by atoms with Crippen LogP contribution in [-0.4, -0.2) is 47.2 Å². The topological polar surface area (TPSA) is 122 Å². The summed E-state index contributed by atoms with van der Waals surface area (Å²) in [6, 6.07) is 11.4. The molecule has 2 N–H and O–H groups in total. The highest BCUT2D eigenvalue weighted by atomic mass is 32.2. The minimum Gasteiger partial charge on any atom is -0.495 e. The number of carbonyl (C=O) groups is 1. The summed E-state index contributed by atoms with van der Waals surface area (Å²) < 4.78 is 56.6. The van der Waals surface area contributed by atoms with Gasteiger partial charge in [-0.15, -0.1) is 4.83 Å². The summed E-state index contributed by atoms with van der Waals surface area (Å²) in [6.07, 6.45) is 1.59. The Morgan fingerprint density at radius 1 is 1.00 bits per heavy atom. The number of carbonyl (C=O) groups excluding carboxylic acids is 1. The van der Waals surface area contributed by atoms with Crippen molar-refractivity contribution < 1.29 is 26.4 Å². The van der Waals surface area contributed by atoms with Crippen LogP contribution in [0.1, 0.15) is 23.2 Å². The lowest BCUT2D eigenvalue weighted by molar-refractivity contribution is 0.0945. The summed E-state index contributed by atoms with van der Waals surface area (Å²) >= 11 is 0. The number of para-hydroxylation sites is 1. The molecule has 2 aromatic carbocycles. The number of sulfonamides is 2. The Morgan fingerprint density at radius 3 is 2.38 bits per heavy atom. The van der Waals surface area contributed by atoms with E-state index < -0.39 is 26.0 Å². The van der Waals surface area contributed by atoms with Gasteiger partial charge in [-0.2, -0.15) is 4.31 Å². The lowest BCUT2D eigenvalue weighted by Gasteiger charge is -2.16. The number of nitrogens with one attached hydrogen (secondary N) is 2. The highest BCUT2D eigenvalue weighted by Gasteiger charge is 2.28. The first kappa shape index (κ1) is 21.2. The Hall–Kier alpha value is -2.47. The van der Waals surface area contributed by atoms with E-state index in [1.165, 1.54) is 53.9 Å². The Labute approximate surface area is 169 Å². The zero-order valence-electron chi connectivity index (χ0n) is 15.7. The number of hydrazine groups is 1. The van der Waals surface area contributed by atoms with Crippen LogP contribution in [0.15, 0.2) is 58.3 Å². The number of nitrogens with zero attached hydrogens (tertiary/aromatic N) is 1. The highest BCUT2D eigenvalue weighted by molar-refractivity contribution is 7.89. The standard InChI is InChI=1S/C18H21N3O6S2/c1-27-16-9-2-3-10-17(16)28(23,24)20-19-18(22)14-7-6-8-15(13-14)29(25,26)21-11-4-5-12-21/h2-3,6-10,13,20H,4-5,11-12H2,1H3,(H,19,22). The average molecular weight is 440 g/mol. The fourth-order valence-corrected chi connectivity index (χ4v) is 5.53. The molecular formula is C18H21N3O6S2. The number of hydrogen-bond donors (Lipinski definition) is 2. The van der Waals surface area contributed by atoms with Crippen molar-refractivity contribution in [3.05, 3.63) is 54.1 Å². The van der Waals surface area contributed by atoms with Crippen molar-refractivity contribution in [3.8, 4) is 5.75 Å². The second-order valence-electron chi connectivity index (χ2n) is 6.35. The molecular weight excluding hydrogens is 418 g/mol. The molecule has 1 amide bonds. The molecule has 0 aromatic heterocycles. The lowest BCUT2D eigenvalue weighted by Crippen LogP contribution is -2.41. The van der Waals surface area contributed by atoms with Gasteiger partial charge >= 0.3 is 0 Å². The number of amides is 1. The lowest BCUT2D eigenvalue weighted by atomic mass is 10.2. The minimum atomic E-state index is -4.09. The number of benzene rings is 2. The SMILES string of the molecule is COc1ccccc1S(=O)(=O)NNC(=O)c1cccc(S(=O)(=O)N2CCCC2)c1. The number of methoxy groups -OCH3 is 1. The minimum absolute atomic E-state index is 0.00741. The molecule has 1 heterocycles. The monoisotopic (exact) mass is 439 g/mol. The van der Waals surface area contributed by atoms with Crippen molar-refractivity contribution in [3.63, 3.8) is 0 Å². The van der Waals surface area contributed by atoms with Crippen molar-refractivity contribution in [2.75, 3.05) is 20.2 Å². The molecule has 0 aliphatic carbocycles. The van der Waals surface area contributed by atoms with Crippen molar-refractivity contribution in [1.82, 2.24) is 14.6 Å². The fourth-order valence-electron chi connectivity index (χ4n) is 2.96. The molecule has 1 fully saturated rings. The third kappa shape index (κ3) is 4.58. The van der Waals surface area contributed by atoms with Crippen LogP contribution in [0.2, 0.25) is 0 Å². The van der Waals surface area contributed by atoms with Crippen LogP contribution in [0, 0.1) is 0 Å². The van der Waals surface area contributed by atoms with Gasteiger partial charge in [0.1, 0.15) is 10.6 Å². The molecule has 156 valence electrons. The van der Waals surface area contributed by atoms with E-state index in [1.54, 1.807) is 6.07 Å². The Kier molecular flexibility index (Phi) is 6.22. The normalized spacial score (nSPS) is 15.2. The third-order valence-electron chi connectivity index (χ3n) is 4.46. The molecule has 3 rings (SSSR count). The number of ether oxygens (including phenoxy) is 1. The van der Waals surface area contributed by atoms with Crippen molar-refractivity contribution in [2.24, 2.45) is 0 Å². The first-order valence-corrected chi connectivity index (χ1v) is 11.7. The Balaban J connectivity index is 1.76. The molecule has 0 saturated carbocycles. The summed E-state index contributed by atoms with van der Waals surface area (Å²) in [4.78, 5) is 14.2. The Morgan fingerprint density at radius 2 is 1.69 bits per heavy atom. The zero-order chi connectivity index (χ0) is 21.1. The molecule has 0 unspecified atom stereocenters. The van der Waals surface area contributed by atoms with Crippen LogP contribution < -0.4 is 15.0 Å². The van der Waals surface area contributed by atoms with E-state index in [-0.39, 0.29) is 21.1 Å². The van der Waals surface area contributed by atoms with E-state index in [4.69, 9.17) is 4.74 Å². The maximum Gasteiger partial charge on any atom is 0.266 e. The van der Waals surface area contributed by atoms with E-state index in [1.807, 2.05) is 4.83 Å². The van der Waals surface area contributed by atoms with E-state index in [9.17, 15) is 21.6 Å². The van der Waals surface area contributed by atoms with E-state index in [0.717, 1.165) is 12.8 Å². The fraction of sp³-hybridized carbons (Fsp3) is 0.278. The second-order valence-corrected chi connectivity index (χ2v) is 9.94. The van der Waals surface area contributed by atoms with E-state index in [0.29, 0.717) is 13.1 Å². The molecule has 1 aliphatic rings. The van der Waals surface area contributed by atoms with Crippen LogP contribution in [0.5, 0.6) is 5.75 Å². The Bertz CT molecular complexity index is 1110. The molecule has 29 heavy (non-hydrogen) atoms. The summed E-state index contributed by atoms with van der Waals surface area (Å²) in [6.45, 7) is 0.884. The van der Waals surface area contributed by atoms with Crippen LogP contribution in [0.4, 0.5) is 0 Å². The number of hydrogen-bond acceptors (Lipinski definition) is 6. The van der Waals surface area contributed by atoms with Crippen LogP contribution in [0.25, 0.3) is 0 Å². The summed E-state index contributed by atoms with van der Waals surface area (Å²) in [5.41, 5.74) is 2.10. The molecule has 0 spiro atoms. The predicted molar refractivity (Wildman–Crippen MR) is 105 cm³/mol. The molecule has 11 heteroatoms. The van der Waals surface area contributed by atoms with Gasteiger partial charge in [-0.3, -0.25) is 10.2 Å². The molecule has 0 bridgehead atoms. The maximum absolute atomic E-state index is 12.7. The summed E-state index contributed by atoms with van der Waals surface area (Å²) in [7, 11) is -6.45. The molecule has 0 radical (unpaired) electrons. The average Bonchev–Trinajstić information content (AvgIpc) is 3.28. The second kappa shape index (κ2) is 8.49. The van der Waals surface area contributed by atoms with Gasteiger partial charge in [-0.05, 0) is 43.2 Å². The molecule has 2 aromatic rings. The van der Waals surface area contributed by atoms with Gasteiger partial charge in [0.2, 0.25) is 10.0 Å². The van der Waals surface area contributed by atoms with E-state index >= 15 is 0 Å². The number of rotatable bonds is 7. The largest absolute Gasteiger partial charge is 0.495 e. The van der Waals surface area contributed by atoms with Crippen molar-refractivity contribution in [2.45, 2.75) is 22.6 Å². The molecule has 1 saturated heterocycles. The first-order valence-electron chi connectivity index (χ1n) is 8.81. The van der Waals surface area contributed by atoms with Gasteiger partial charge < -0.3 is 4.74 Å². The third-order valence-corrected chi connectivity index (χ3v) is 7.64. The quantitative estimate of drug-likeness (QED) is 0.623. The maximum atomic E-state index is 12.7. The highest BCUT2D eigenvalue weighted by Crippen LogP contribution is 2.23. The van der Waals surface area contributed by atoms with Gasteiger partial charge in [0.05, 0.1) is 12.0 Å². The van der Waals surface area contributed by atoms with Crippen LogP contribution in [-0.2, 0) is 20.0 Å². The van der Waals surface area contributed by atoms with Crippen molar-refractivity contribution >= 4 is 26.0 Å². The van der Waals surface area contributed by atoms with Gasteiger partial charge in [0, 0.05) is 18.7 Å². The van der Waals surface area contributed by atoms with Gasteiger partial charge in [-0.25, -0.2) is 16.8 Å². The van der Waals surface area contributed by atoms with Gasteiger partial charge in [0.25, 0.3) is 15.9 Å². The zero-order valence-corrected chi connectivity index (χ0v) is 17.3. The smallest absolute Gasteiger partial charge is 0.266 e.